The monoisotopic (exact) mass is 259 g/mol. The summed E-state index contributed by atoms with van der Waals surface area (Å²) in [7, 11) is 2.19. The highest BCUT2D eigenvalue weighted by Crippen LogP contribution is 2.28. The van der Waals surface area contributed by atoms with Gasteiger partial charge in [-0.25, -0.2) is 0 Å². The highest BCUT2D eigenvalue weighted by atomic mass is 15.2. The molecule has 0 bridgehead atoms. The van der Waals surface area contributed by atoms with E-state index in [2.05, 4.69) is 54.2 Å². The van der Waals surface area contributed by atoms with Gasteiger partial charge in [0.05, 0.1) is 0 Å². The summed E-state index contributed by atoms with van der Waals surface area (Å²) in [6.45, 7) is 9.10. The second kappa shape index (κ2) is 5.14. The molecule has 2 aliphatic heterocycles. The molecule has 1 fully saturated rings. The van der Waals surface area contributed by atoms with Crippen LogP contribution in [-0.2, 0) is 13.0 Å². The molecule has 1 saturated heterocycles. The first-order chi connectivity index (χ1) is 9.13. The van der Waals surface area contributed by atoms with Gasteiger partial charge in [0.25, 0.3) is 0 Å². The quantitative estimate of drug-likeness (QED) is 0.874. The highest BCUT2D eigenvalue weighted by molar-refractivity contribution is 5.58. The smallest absolute Gasteiger partial charge is 0.0397 e. The Morgan fingerprint density at radius 3 is 3.00 bits per heavy atom. The van der Waals surface area contributed by atoms with Crippen LogP contribution < -0.4 is 10.2 Å². The maximum absolute atomic E-state index is 3.55. The van der Waals surface area contributed by atoms with E-state index in [1.54, 1.807) is 0 Å². The van der Waals surface area contributed by atoms with Crippen molar-refractivity contribution in [1.82, 2.24) is 10.2 Å². The molecular formula is C16H25N3. The summed E-state index contributed by atoms with van der Waals surface area (Å²) < 4.78 is 0. The Kier molecular flexibility index (Phi) is 3.50. The Balaban J connectivity index is 1.73. The number of nitrogens with zero attached hydrogens (tertiary/aromatic N) is 2. The average molecular weight is 259 g/mol. The zero-order valence-electron chi connectivity index (χ0n) is 12.3. The predicted molar refractivity (Wildman–Crippen MR) is 80.8 cm³/mol. The summed E-state index contributed by atoms with van der Waals surface area (Å²) in [6, 6.07) is 8.26. The number of likely N-dealkylation sites (N-methyl/N-ethyl adjacent to an activating group) is 1. The molecule has 0 aromatic heterocycles. The maximum Gasteiger partial charge on any atom is 0.0397 e. The molecule has 3 nitrogen and oxygen atoms in total. The fraction of sp³-hybridized carbons (Fsp3) is 0.625. The SMILES string of the molecule is CC1CN(Cc2ccc3c(c2)CCN3C)C(C)CN1. The Morgan fingerprint density at radius 1 is 1.32 bits per heavy atom. The van der Waals surface area contributed by atoms with Crippen molar-refractivity contribution in [2.45, 2.75) is 38.9 Å². The van der Waals surface area contributed by atoms with Crippen LogP contribution in [0.3, 0.4) is 0 Å². The first-order valence-electron chi connectivity index (χ1n) is 7.44. The van der Waals surface area contributed by atoms with Gasteiger partial charge in [0, 0.05) is 51.0 Å². The van der Waals surface area contributed by atoms with Crippen molar-refractivity contribution in [3.05, 3.63) is 29.3 Å². The van der Waals surface area contributed by atoms with E-state index in [-0.39, 0.29) is 0 Å². The fourth-order valence-electron chi connectivity index (χ4n) is 3.27. The molecule has 1 aromatic rings. The van der Waals surface area contributed by atoms with Crippen molar-refractivity contribution in [1.29, 1.82) is 0 Å². The molecule has 0 radical (unpaired) electrons. The highest BCUT2D eigenvalue weighted by Gasteiger charge is 2.23. The normalized spacial score (nSPS) is 27.6. The van der Waals surface area contributed by atoms with Crippen LogP contribution in [0.5, 0.6) is 0 Å². The minimum atomic E-state index is 0.608. The van der Waals surface area contributed by atoms with Crippen molar-refractivity contribution >= 4 is 5.69 Å². The van der Waals surface area contributed by atoms with Gasteiger partial charge in [-0.2, -0.15) is 0 Å². The van der Waals surface area contributed by atoms with Gasteiger partial charge in [0.15, 0.2) is 0 Å². The third kappa shape index (κ3) is 2.63. The van der Waals surface area contributed by atoms with E-state index in [1.165, 1.54) is 29.8 Å². The van der Waals surface area contributed by atoms with Gasteiger partial charge in [0.2, 0.25) is 0 Å². The van der Waals surface area contributed by atoms with E-state index in [4.69, 9.17) is 0 Å². The van der Waals surface area contributed by atoms with Crippen molar-refractivity contribution in [3.8, 4) is 0 Å². The van der Waals surface area contributed by atoms with E-state index in [0.717, 1.165) is 19.6 Å². The summed E-state index contributed by atoms with van der Waals surface area (Å²) in [6.07, 6.45) is 1.20. The number of nitrogens with one attached hydrogen (secondary N) is 1. The molecule has 0 aliphatic carbocycles. The van der Waals surface area contributed by atoms with E-state index < -0.39 is 0 Å². The summed E-state index contributed by atoms with van der Waals surface area (Å²) in [5.41, 5.74) is 4.41. The van der Waals surface area contributed by atoms with E-state index in [0.29, 0.717) is 12.1 Å². The van der Waals surface area contributed by atoms with Gasteiger partial charge in [-0.1, -0.05) is 12.1 Å². The molecule has 3 rings (SSSR count). The molecule has 104 valence electrons. The number of piperazine rings is 1. The fourth-order valence-corrected chi connectivity index (χ4v) is 3.27. The topological polar surface area (TPSA) is 18.5 Å². The van der Waals surface area contributed by atoms with Gasteiger partial charge < -0.3 is 10.2 Å². The molecule has 2 unspecified atom stereocenters. The lowest BCUT2D eigenvalue weighted by molar-refractivity contribution is 0.139. The first kappa shape index (κ1) is 12.9. The van der Waals surface area contributed by atoms with Gasteiger partial charge in [0.1, 0.15) is 0 Å². The lowest BCUT2D eigenvalue weighted by Crippen LogP contribution is -2.53. The van der Waals surface area contributed by atoms with Gasteiger partial charge in [-0.15, -0.1) is 0 Å². The molecule has 2 aliphatic rings. The van der Waals surface area contributed by atoms with Crippen molar-refractivity contribution in [2.24, 2.45) is 0 Å². The molecule has 3 heteroatoms. The molecular weight excluding hydrogens is 234 g/mol. The second-order valence-electron chi connectivity index (χ2n) is 6.22. The number of hydrogen-bond acceptors (Lipinski definition) is 3. The van der Waals surface area contributed by atoms with Gasteiger partial charge in [-0.05, 0) is 37.5 Å². The van der Waals surface area contributed by atoms with Gasteiger partial charge >= 0.3 is 0 Å². The Morgan fingerprint density at radius 2 is 2.16 bits per heavy atom. The minimum absolute atomic E-state index is 0.608. The van der Waals surface area contributed by atoms with Crippen LogP contribution in [0.2, 0.25) is 0 Å². The largest absolute Gasteiger partial charge is 0.374 e. The lowest BCUT2D eigenvalue weighted by Gasteiger charge is -2.37. The molecule has 0 saturated carbocycles. The molecule has 19 heavy (non-hydrogen) atoms. The molecule has 0 spiro atoms. The summed E-state index contributed by atoms with van der Waals surface area (Å²) in [5.74, 6) is 0. The number of anilines is 1. The van der Waals surface area contributed by atoms with Crippen molar-refractivity contribution in [3.63, 3.8) is 0 Å². The number of benzene rings is 1. The summed E-state index contributed by atoms with van der Waals surface area (Å²) in [4.78, 5) is 4.95. The van der Waals surface area contributed by atoms with Gasteiger partial charge in [-0.3, -0.25) is 4.90 Å². The lowest BCUT2D eigenvalue weighted by atomic mass is 10.1. The Bertz CT molecular complexity index is 457. The number of rotatable bonds is 2. The predicted octanol–water partition coefficient (Wildman–Crippen LogP) is 1.86. The third-order valence-electron chi connectivity index (χ3n) is 4.55. The summed E-state index contributed by atoms with van der Waals surface area (Å²) >= 11 is 0. The molecule has 1 N–H and O–H groups in total. The second-order valence-corrected chi connectivity index (χ2v) is 6.22. The average Bonchev–Trinajstić information content (AvgIpc) is 2.75. The zero-order valence-corrected chi connectivity index (χ0v) is 12.3. The van der Waals surface area contributed by atoms with Crippen LogP contribution in [0.15, 0.2) is 18.2 Å². The Hall–Kier alpha value is -1.06. The van der Waals surface area contributed by atoms with Crippen LogP contribution in [-0.4, -0.2) is 43.7 Å². The van der Waals surface area contributed by atoms with Crippen molar-refractivity contribution in [2.75, 3.05) is 31.6 Å². The van der Waals surface area contributed by atoms with E-state index in [1.807, 2.05) is 0 Å². The van der Waals surface area contributed by atoms with E-state index >= 15 is 0 Å². The van der Waals surface area contributed by atoms with Crippen LogP contribution in [0, 0.1) is 0 Å². The maximum atomic E-state index is 3.55. The van der Waals surface area contributed by atoms with Crippen molar-refractivity contribution < 1.29 is 0 Å². The third-order valence-corrected chi connectivity index (χ3v) is 4.55. The molecule has 2 heterocycles. The Labute approximate surface area is 116 Å². The molecule has 1 aromatic carbocycles. The van der Waals surface area contributed by atoms with Crippen LogP contribution in [0.1, 0.15) is 25.0 Å². The standard InChI is InChI=1S/C16H25N3/c1-12-10-19(13(2)9-17-12)11-14-4-5-16-15(8-14)6-7-18(16)3/h4-5,8,12-13,17H,6-7,9-11H2,1-3H3. The first-order valence-corrected chi connectivity index (χ1v) is 7.44. The van der Waals surface area contributed by atoms with Crippen LogP contribution in [0.25, 0.3) is 0 Å². The number of hydrogen-bond donors (Lipinski definition) is 1. The summed E-state index contributed by atoms with van der Waals surface area (Å²) in [5, 5.41) is 3.55. The van der Waals surface area contributed by atoms with Crippen LogP contribution in [0.4, 0.5) is 5.69 Å². The van der Waals surface area contributed by atoms with E-state index in [9.17, 15) is 0 Å². The zero-order chi connectivity index (χ0) is 13.4. The minimum Gasteiger partial charge on any atom is -0.374 e. The van der Waals surface area contributed by atoms with Crippen LogP contribution >= 0.6 is 0 Å². The molecule has 2 atom stereocenters. The number of fused-ring (bicyclic) bond motifs is 1. The molecule has 0 amide bonds.